The summed E-state index contributed by atoms with van der Waals surface area (Å²) in [6.45, 7) is 1.57. The van der Waals surface area contributed by atoms with Gasteiger partial charge in [0.15, 0.2) is 5.82 Å². The summed E-state index contributed by atoms with van der Waals surface area (Å²) in [4.78, 5) is 15.9. The molecule has 1 amide bonds. The maximum absolute atomic E-state index is 11.3. The van der Waals surface area contributed by atoms with Gasteiger partial charge in [-0.2, -0.15) is 10.1 Å². The predicted octanol–water partition coefficient (Wildman–Crippen LogP) is 3.87. The minimum atomic E-state index is -0.227. The minimum Gasteiger partial charge on any atom is -0.396 e. The second kappa shape index (κ2) is 8.69. The van der Waals surface area contributed by atoms with Crippen LogP contribution in [0.1, 0.15) is 36.3 Å². The molecule has 1 aliphatic rings. The molecule has 0 saturated carbocycles. The van der Waals surface area contributed by atoms with E-state index in [9.17, 15) is 4.79 Å². The van der Waals surface area contributed by atoms with E-state index < -0.39 is 0 Å². The molecule has 7 nitrogen and oxygen atoms in total. The van der Waals surface area contributed by atoms with Crippen LogP contribution in [-0.4, -0.2) is 32.4 Å². The minimum absolute atomic E-state index is 0.0926. The molecule has 3 N–H and O–H groups in total. The maximum Gasteiger partial charge on any atom is 0.226 e. The molecule has 8 heteroatoms. The first-order chi connectivity index (χ1) is 14.5. The summed E-state index contributed by atoms with van der Waals surface area (Å²) in [5.41, 5.74) is 3.49. The van der Waals surface area contributed by atoms with Gasteiger partial charge in [-0.05, 0) is 41.8 Å². The van der Waals surface area contributed by atoms with Crippen LogP contribution in [0, 0.1) is 0 Å². The Labute approximate surface area is 179 Å². The summed E-state index contributed by atoms with van der Waals surface area (Å²) < 4.78 is 1.82. The Balaban J connectivity index is 1.72. The second-order valence-corrected chi connectivity index (χ2v) is 7.46. The van der Waals surface area contributed by atoms with Crippen molar-refractivity contribution in [1.82, 2.24) is 14.8 Å². The van der Waals surface area contributed by atoms with Crippen molar-refractivity contribution in [1.29, 1.82) is 0 Å². The van der Waals surface area contributed by atoms with E-state index in [0.29, 0.717) is 29.6 Å². The van der Waals surface area contributed by atoms with Gasteiger partial charge in [0.1, 0.15) is 6.04 Å². The third-order valence-corrected chi connectivity index (χ3v) is 5.15. The molecule has 0 radical (unpaired) electrons. The average Bonchev–Trinajstić information content (AvgIpc) is 3.15. The molecule has 0 spiro atoms. The molecular weight excluding hydrogens is 402 g/mol. The van der Waals surface area contributed by atoms with Gasteiger partial charge in [0.05, 0.1) is 0 Å². The van der Waals surface area contributed by atoms with Crippen LogP contribution in [0.2, 0.25) is 5.02 Å². The van der Waals surface area contributed by atoms with Crippen LogP contribution in [0.4, 0.5) is 11.6 Å². The highest BCUT2D eigenvalue weighted by atomic mass is 35.5. The number of carbonyl (C=O) groups excluding carboxylic acids is 1. The first kappa shape index (κ1) is 20.1. The molecule has 0 saturated heterocycles. The Hall–Kier alpha value is -3.16. The van der Waals surface area contributed by atoms with Crippen LogP contribution in [0.25, 0.3) is 5.70 Å². The highest BCUT2D eigenvalue weighted by Gasteiger charge is 2.26. The van der Waals surface area contributed by atoms with Gasteiger partial charge in [0, 0.05) is 36.4 Å². The molecule has 2 aromatic carbocycles. The lowest BCUT2D eigenvalue weighted by Gasteiger charge is -2.25. The van der Waals surface area contributed by atoms with Gasteiger partial charge in [-0.15, -0.1) is 0 Å². The van der Waals surface area contributed by atoms with Gasteiger partial charge < -0.3 is 15.7 Å². The maximum atomic E-state index is 11.3. The summed E-state index contributed by atoms with van der Waals surface area (Å²) in [6, 6.07) is 15.0. The number of fused-ring (bicyclic) bond motifs is 1. The fourth-order valence-electron chi connectivity index (χ4n) is 3.42. The molecule has 1 atom stereocenters. The largest absolute Gasteiger partial charge is 0.396 e. The van der Waals surface area contributed by atoms with E-state index in [-0.39, 0.29) is 18.6 Å². The molecule has 0 aliphatic carbocycles. The van der Waals surface area contributed by atoms with Crippen molar-refractivity contribution in [2.24, 2.45) is 0 Å². The number of rotatable bonds is 6. The van der Waals surface area contributed by atoms with Gasteiger partial charge >= 0.3 is 0 Å². The van der Waals surface area contributed by atoms with E-state index in [4.69, 9.17) is 16.7 Å². The number of amides is 1. The quantitative estimate of drug-likeness (QED) is 0.559. The molecular formula is C22H22ClN5O2. The van der Waals surface area contributed by atoms with E-state index >= 15 is 0 Å². The van der Waals surface area contributed by atoms with Crippen molar-refractivity contribution in [3.05, 3.63) is 76.6 Å². The SMILES string of the molecule is CC(=O)Nc1ccc(C2=C[C@@H](c3ccccc3Cl)n3nc(CCCO)nc3N2)cc1. The van der Waals surface area contributed by atoms with E-state index in [2.05, 4.69) is 26.8 Å². The van der Waals surface area contributed by atoms with Crippen molar-refractivity contribution in [2.75, 3.05) is 17.2 Å². The Bertz CT molecular complexity index is 1090. The number of aliphatic hydroxyl groups is 1. The van der Waals surface area contributed by atoms with E-state index in [1.807, 2.05) is 53.2 Å². The molecule has 0 unspecified atom stereocenters. The Kier molecular flexibility index (Phi) is 5.83. The Morgan fingerprint density at radius 3 is 2.70 bits per heavy atom. The van der Waals surface area contributed by atoms with Crippen molar-refractivity contribution in [2.45, 2.75) is 25.8 Å². The number of anilines is 2. The number of carbonyl (C=O) groups is 1. The number of hydrogen-bond donors (Lipinski definition) is 3. The molecule has 0 bridgehead atoms. The zero-order chi connectivity index (χ0) is 21.1. The van der Waals surface area contributed by atoms with Crippen molar-refractivity contribution < 1.29 is 9.90 Å². The van der Waals surface area contributed by atoms with E-state index in [1.54, 1.807) is 0 Å². The zero-order valence-electron chi connectivity index (χ0n) is 16.5. The summed E-state index contributed by atoms with van der Waals surface area (Å²) in [5, 5.41) is 20.5. The van der Waals surface area contributed by atoms with Gasteiger partial charge in [-0.3, -0.25) is 4.79 Å². The van der Waals surface area contributed by atoms with Crippen LogP contribution in [0.5, 0.6) is 0 Å². The second-order valence-electron chi connectivity index (χ2n) is 7.05. The third kappa shape index (κ3) is 4.22. The van der Waals surface area contributed by atoms with Crippen LogP contribution in [0.15, 0.2) is 54.6 Å². The number of benzene rings is 2. The third-order valence-electron chi connectivity index (χ3n) is 4.81. The van der Waals surface area contributed by atoms with Gasteiger partial charge in [-0.1, -0.05) is 41.9 Å². The lowest BCUT2D eigenvalue weighted by atomic mass is 10.0. The van der Waals surface area contributed by atoms with Crippen LogP contribution in [-0.2, 0) is 11.2 Å². The molecule has 154 valence electrons. The number of nitrogens with one attached hydrogen (secondary N) is 2. The van der Waals surface area contributed by atoms with Gasteiger partial charge in [0.25, 0.3) is 0 Å². The molecule has 2 heterocycles. The lowest BCUT2D eigenvalue weighted by molar-refractivity contribution is -0.114. The predicted molar refractivity (Wildman–Crippen MR) is 117 cm³/mol. The summed E-state index contributed by atoms with van der Waals surface area (Å²) >= 11 is 6.49. The number of halogens is 1. The number of nitrogens with zero attached hydrogens (tertiary/aromatic N) is 3. The van der Waals surface area contributed by atoms with Crippen LogP contribution >= 0.6 is 11.6 Å². The molecule has 1 aromatic heterocycles. The fourth-order valence-corrected chi connectivity index (χ4v) is 3.67. The van der Waals surface area contributed by atoms with E-state index in [1.165, 1.54) is 6.92 Å². The van der Waals surface area contributed by atoms with Crippen molar-refractivity contribution >= 4 is 34.8 Å². The Morgan fingerprint density at radius 1 is 1.23 bits per heavy atom. The topological polar surface area (TPSA) is 92.1 Å². The zero-order valence-corrected chi connectivity index (χ0v) is 17.2. The summed E-state index contributed by atoms with van der Waals surface area (Å²) in [6.07, 6.45) is 3.26. The normalized spacial score (nSPS) is 15.2. The number of aromatic nitrogens is 3. The van der Waals surface area contributed by atoms with Crippen LogP contribution < -0.4 is 10.6 Å². The van der Waals surface area contributed by atoms with Gasteiger partial charge in [-0.25, -0.2) is 4.68 Å². The molecule has 0 fully saturated rings. The number of aryl methyl sites for hydroxylation is 1. The van der Waals surface area contributed by atoms with Gasteiger partial charge in [0.2, 0.25) is 11.9 Å². The fraction of sp³-hybridized carbons (Fsp3) is 0.227. The summed E-state index contributed by atoms with van der Waals surface area (Å²) in [5.74, 6) is 1.18. The standard InChI is InChI=1S/C22H22ClN5O2/c1-14(30)24-16-10-8-15(9-11-16)19-13-20(17-5-2-3-6-18(17)23)28-22(25-19)26-21(27-28)7-4-12-29/h2-3,5-6,8-11,13,20,29H,4,7,12H2,1H3,(H,24,30)(H,25,26,27)/t20-/m0/s1. The number of allylic oxidation sites excluding steroid dienone is 1. The molecule has 3 aromatic rings. The Morgan fingerprint density at radius 2 is 2.00 bits per heavy atom. The molecule has 1 aliphatic heterocycles. The monoisotopic (exact) mass is 423 g/mol. The summed E-state index contributed by atoms with van der Waals surface area (Å²) in [7, 11) is 0. The highest BCUT2D eigenvalue weighted by molar-refractivity contribution is 6.31. The molecule has 4 rings (SSSR count). The van der Waals surface area contributed by atoms with E-state index in [0.717, 1.165) is 22.5 Å². The first-order valence-electron chi connectivity index (χ1n) is 9.72. The number of aliphatic hydroxyl groups excluding tert-OH is 1. The smallest absolute Gasteiger partial charge is 0.226 e. The van der Waals surface area contributed by atoms with Crippen molar-refractivity contribution in [3.63, 3.8) is 0 Å². The average molecular weight is 424 g/mol. The van der Waals surface area contributed by atoms with Crippen LogP contribution in [0.3, 0.4) is 0 Å². The first-order valence-corrected chi connectivity index (χ1v) is 10.1. The highest BCUT2D eigenvalue weighted by Crippen LogP contribution is 2.35. The molecule has 30 heavy (non-hydrogen) atoms. The lowest BCUT2D eigenvalue weighted by Crippen LogP contribution is -2.20. The number of hydrogen-bond acceptors (Lipinski definition) is 5. The van der Waals surface area contributed by atoms with Crippen molar-refractivity contribution in [3.8, 4) is 0 Å².